The predicted molar refractivity (Wildman–Crippen MR) is 86.9 cm³/mol. The van der Waals surface area contributed by atoms with Gasteiger partial charge in [-0.05, 0) is 50.4 Å². The van der Waals surface area contributed by atoms with Gasteiger partial charge in [-0.3, -0.25) is 4.90 Å². The van der Waals surface area contributed by atoms with E-state index in [1.807, 2.05) is 0 Å². The molecule has 20 heavy (non-hydrogen) atoms. The zero-order valence-corrected chi connectivity index (χ0v) is 13.1. The second-order valence-electron chi connectivity index (χ2n) is 6.17. The summed E-state index contributed by atoms with van der Waals surface area (Å²) in [5.41, 5.74) is 9.17. The van der Waals surface area contributed by atoms with E-state index in [9.17, 15) is 0 Å². The largest absolute Gasteiger partial charge is 0.323 e. The fraction of sp³-hybridized carbons (Fsp3) is 0.667. The van der Waals surface area contributed by atoms with Crippen LogP contribution >= 0.6 is 0 Å². The van der Waals surface area contributed by atoms with Gasteiger partial charge in [0.25, 0.3) is 0 Å². The second-order valence-corrected chi connectivity index (χ2v) is 6.17. The molecular weight excluding hydrogens is 244 g/mol. The first kappa shape index (κ1) is 15.5. The summed E-state index contributed by atoms with van der Waals surface area (Å²) in [6.45, 7) is 6.90. The zero-order valence-electron chi connectivity index (χ0n) is 13.1. The Bertz CT molecular complexity index is 377. The van der Waals surface area contributed by atoms with Crippen molar-refractivity contribution in [3.05, 3.63) is 35.4 Å². The van der Waals surface area contributed by atoms with Crippen LogP contribution in [0.5, 0.6) is 0 Å². The van der Waals surface area contributed by atoms with Crippen molar-refractivity contribution >= 4 is 0 Å². The molecule has 2 unspecified atom stereocenters. The zero-order chi connectivity index (χ0) is 14.4. The maximum Gasteiger partial charge on any atom is 0.0450 e. The summed E-state index contributed by atoms with van der Waals surface area (Å²) in [6, 6.07) is 9.42. The van der Waals surface area contributed by atoms with Crippen LogP contribution in [0.4, 0.5) is 0 Å². The molecular formula is C18H30N2. The Morgan fingerprint density at radius 2 is 1.55 bits per heavy atom. The Morgan fingerprint density at radius 1 is 1.00 bits per heavy atom. The third kappa shape index (κ3) is 4.07. The molecule has 2 atom stereocenters. The minimum Gasteiger partial charge on any atom is -0.323 e. The first-order valence-corrected chi connectivity index (χ1v) is 8.31. The molecule has 2 N–H and O–H groups in total. The normalized spacial score (nSPS) is 20.9. The van der Waals surface area contributed by atoms with Crippen molar-refractivity contribution in [3.8, 4) is 0 Å². The van der Waals surface area contributed by atoms with Gasteiger partial charge in [-0.15, -0.1) is 0 Å². The number of hydrogen-bond donors (Lipinski definition) is 1. The van der Waals surface area contributed by atoms with Crippen LogP contribution < -0.4 is 5.73 Å². The third-order valence-corrected chi connectivity index (χ3v) is 4.76. The van der Waals surface area contributed by atoms with Crippen molar-refractivity contribution in [3.63, 3.8) is 0 Å². The van der Waals surface area contributed by atoms with Crippen LogP contribution in [0.25, 0.3) is 0 Å². The molecule has 1 saturated heterocycles. The number of aryl methyl sites for hydroxylation is 1. The highest BCUT2D eigenvalue weighted by Gasteiger charge is 2.22. The summed E-state index contributed by atoms with van der Waals surface area (Å²) in [4.78, 5) is 2.59. The molecule has 0 radical (unpaired) electrons. The Labute approximate surface area is 124 Å². The van der Waals surface area contributed by atoms with Crippen LogP contribution in [0.15, 0.2) is 24.3 Å². The first-order chi connectivity index (χ1) is 9.72. The van der Waals surface area contributed by atoms with Crippen LogP contribution in [0.3, 0.4) is 0 Å². The summed E-state index contributed by atoms with van der Waals surface area (Å²) in [6.07, 6.45) is 7.91. The molecule has 1 aromatic rings. The Morgan fingerprint density at radius 3 is 2.10 bits per heavy atom. The Hall–Kier alpha value is -0.860. The number of rotatable bonds is 4. The van der Waals surface area contributed by atoms with Crippen molar-refractivity contribution < 1.29 is 0 Å². The lowest BCUT2D eigenvalue weighted by Gasteiger charge is -2.34. The molecule has 112 valence electrons. The number of likely N-dealkylation sites (tertiary alicyclic amines) is 1. The molecule has 1 aliphatic heterocycles. The average Bonchev–Trinajstić information content (AvgIpc) is 2.46. The number of nitrogens with two attached hydrogens (primary N) is 1. The van der Waals surface area contributed by atoms with Crippen LogP contribution in [0.1, 0.15) is 63.1 Å². The monoisotopic (exact) mass is 274 g/mol. The number of nitrogens with zero attached hydrogens (tertiary/aromatic N) is 1. The van der Waals surface area contributed by atoms with Crippen molar-refractivity contribution in [2.45, 2.75) is 64.5 Å². The molecule has 2 nitrogen and oxygen atoms in total. The molecule has 0 saturated carbocycles. The van der Waals surface area contributed by atoms with Crippen molar-refractivity contribution in [1.82, 2.24) is 4.90 Å². The van der Waals surface area contributed by atoms with E-state index < -0.39 is 0 Å². The third-order valence-electron chi connectivity index (χ3n) is 4.76. The minimum atomic E-state index is 0.125. The molecule has 0 spiro atoms. The first-order valence-electron chi connectivity index (χ1n) is 8.31. The number of benzene rings is 1. The second kappa shape index (κ2) is 7.80. The van der Waals surface area contributed by atoms with Crippen LogP contribution in [0.2, 0.25) is 0 Å². The molecule has 1 aromatic carbocycles. The molecule has 2 rings (SSSR count). The quantitative estimate of drug-likeness (QED) is 0.902. The summed E-state index contributed by atoms with van der Waals surface area (Å²) < 4.78 is 0. The van der Waals surface area contributed by atoms with Gasteiger partial charge in [0.2, 0.25) is 0 Å². The summed E-state index contributed by atoms with van der Waals surface area (Å²) in [5, 5.41) is 0. The van der Waals surface area contributed by atoms with Gasteiger partial charge in [-0.1, -0.05) is 50.5 Å². The van der Waals surface area contributed by atoms with E-state index in [1.165, 1.54) is 56.3 Å². The molecule has 0 aromatic heterocycles. The molecule has 1 heterocycles. The lowest BCUT2D eigenvalue weighted by molar-refractivity contribution is 0.168. The van der Waals surface area contributed by atoms with Gasteiger partial charge < -0.3 is 5.73 Å². The fourth-order valence-electron chi connectivity index (χ4n) is 3.16. The highest BCUT2D eigenvalue weighted by atomic mass is 15.2. The topological polar surface area (TPSA) is 29.3 Å². The maximum atomic E-state index is 6.51. The van der Waals surface area contributed by atoms with Crippen molar-refractivity contribution in [1.29, 1.82) is 0 Å². The fourth-order valence-corrected chi connectivity index (χ4v) is 3.16. The Balaban J connectivity index is 1.99. The molecule has 0 bridgehead atoms. The van der Waals surface area contributed by atoms with E-state index in [2.05, 4.69) is 43.0 Å². The highest BCUT2D eigenvalue weighted by Crippen LogP contribution is 2.22. The lowest BCUT2D eigenvalue weighted by atomic mass is 9.97. The summed E-state index contributed by atoms with van der Waals surface area (Å²) in [7, 11) is 0. The van der Waals surface area contributed by atoms with Gasteiger partial charge in [-0.2, -0.15) is 0 Å². The van der Waals surface area contributed by atoms with Gasteiger partial charge in [0.1, 0.15) is 0 Å². The van der Waals surface area contributed by atoms with Gasteiger partial charge in [-0.25, -0.2) is 0 Å². The van der Waals surface area contributed by atoms with E-state index in [-0.39, 0.29) is 6.04 Å². The predicted octanol–water partition coefficient (Wildman–Crippen LogP) is 3.90. The van der Waals surface area contributed by atoms with Crippen LogP contribution in [-0.4, -0.2) is 24.0 Å². The van der Waals surface area contributed by atoms with Crippen molar-refractivity contribution in [2.75, 3.05) is 13.1 Å². The van der Waals surface area contributed by atoms with Gasteiger partial charge in [0.05, 0.1) is 0 Å². The van der Waals surface area contributed by atoms with Crippen LogP contribution in [0, 0.1) is 0 Å². The van der Waals surface area contributed by atoms with E-state index >= 15 is 0 Å². The molecule has 0 amide bonds. The summed E-state index contributed by atoms with van der Waals surface area (Å²) >= 11 is 0. The summed E-state index contributed by atoms with van der Waals surface area (Å²) in [5.74, 6) is 0. The number of hydrogen-bond acceptors (Lipinski definition) is 2. The SMILES string of the molecule is CCc1ccc(C(N)C(C)N2CCCCCCC2)cc1. The minimum absolute atomic E-state index is 0.125. The smallest absolute Gasteiger partial charge is 0.0450 e. The van der Waals surface area contributed by atoms with Crippen LogP contribution in [-0.2, 0) is 6.42 Å². The van der Waals surface area contributed by atoms with Gasteiger partial charge in [0.15, 0.2) is 0 Å². The van der Waals surface area contributed by atoms with E-state index in [0.29, 0.717) is 6.04 Å². The van der Waals surface area contributed by atoms with Gasteiger partial charge in [0, 0.05) is 12.1 Å². The van der Waals surface area contributed by atoms with E-state index in [1.54, 1.807) is 0 Å². The standard InChI is InChI=1S/C18H30N2/c1-3-16-9-11-17(12-10-16)18(19)15(2)20-13-7-5-4-6-8-14-20/h9-12,15,18H,3-8,13-14,19H2,1-2H3. The van der Waals surface area contributed by atoms with E-state index in [0.717, 1.165) is 6.42 Å². The van der Waals surface area contributed by atoms with Gasteiger partial charge >= 0.3 is 0 Å². The molecule has 1 aliphatic rings. The molecule has 1 fully saturated rings. The molecule has 2 heteroatoms. The Kier molecular flexibility index (Phi) is 6.06. The molecule has 0 aliphatic carbocycles. The van der Waals surface area contributed by atoms with Crippen molar-refractivity contribution in [2.24, 2.45) is 5.73 Å². The maximum absolute atomic E-state index is 6.51. The van der Waals surface area contributed by atoms with E-state index in [4.69, 9.17) is 5.73 Å². The lowest BCUT2D eigenvalue weighted by Crippen LogP contribution is -2.42. The average molecular weight is 274 g/mol. The highest BCUT2D eigenvalue weighted by molar-refractivity contribution is 5.25.